The predicted molar refractivity (Wildman–Crippen MR) is 28.4 cm³/mol. The Balaban J connectivity index is 3.71. The molecule has 4 amide bonds. The van der Waals surface area contributed by atoms with Crippen molar-refractivity contribution < 1.29 is 14.4 Å². The fraction of sp³-hybridized carbons (Fsp3) is 0.250. The van der Waals surface area contributed by atoms with Gasteiger partial charge in [-0.3, -0.25) is 19.8 Å². The molecule has 9 heavy (non-hydrogen) atoms. The van der Waals surface area contributed by atoms with Crippen LogP contribution < -0.4 is 5.32 Å². The van der Waals surface area contributed by atoms with Crippen LogP contribution >= 0.6 is 0 Å². The van der Waals surface area contributed by atoms with Crippen LogP contribution in [0.25, 0.3) is 0 Å². The van der Waals surface area contributed by atoms with E-state index in [1.165, 1.54) is 7.05 Å². The molecule has 5 heteroatoms. The first-order chi connectivity index (χ1) is 4.22. The molecule has 0 aromatic heterocycles. The number of nitrogens with zero attached hydrogens (tertiary/aromatic N) is 1. The third kappa shape index (κ3) is 2.43. The first kappa shape index (κ1) is 7.61. The van der Waals surface area contributed by atoms with Gasteiger partial charge in [0.1, 0.15) is 0 Å². The summed E-state index contributed by atoms with van der Waals surface area (Å²) in [6.45, 7) is 0. The van der Waals surface area contributed by atoms with Gasteiger partial charge in [-0.15, -0.1) is 0 Å². The zero-order valence-electron chi connectivity index (χ0n) is 4.83. The zero-order chi connectivity index (χ0) is 7.28. The molecule has 0 saturated heterocycles. The first-order valence-electron chi connectivity index (χ1n) is 2.14. The molecule has 1 N–H and O–H groups in total. The van der Waals surface area contributed by atoms with Crippen molar-refractivity contribution in [2.45, 2.75) is 0 Å². The molecular formula is C4H6N2O3. The van der Waals surface area contributed by atoms with E-state index in [-0.39, 0.29) is 6.41 Å². The van der Waals surface area contributed by atoms with Crippen LogP contribution in [0.15, 0.2) is 0 Å². The van der Waals surface area contributed by atoms with Crippen molar-refractivity contribution in [3.8, 4) is 0 Å². The first-order valence-corrected chi connectivity index (χ1v) is 2.14. The summed E-state index contributed by atoms with van der Waals surface area (Å²) in [4.78, 5) is 30.4. The lowest BCUT2D eigenvalue weighted by atomic mass is 10.8. The van der Waals surface area contributed by atoms with Gasteiger partial charge in [-0.05, 0) is 0 Å². The standard InChI is InChI=1S/C4H6N2O3/c1-6(3-8)4(9)5-2-7/h2-3H,1H3,(H,5,7,9). The number of hydrogen-bond donors (Lipinski definition) is 1. The van der Waals surface area contributed by atoms with Gasteiger partial charge in [-0.25, -0.2) is 4.79 Å². The molecule has 5 nitrogen and oxygen atoms in total. The molecule has 0 unspecified atom stereocenters. The fourth-order valence-corrected chi connectivity index (χ4v) is 0.200. The lowest BCUT2D eigenvalue weighted by Crippen LogP contribution is -2.35. The molecule has 0 aromatic carbocycles. The minimum absolute atomic E-state index is 0.211. The highest BCUT2D eigenvalue weighted by Crippen LogP contribution is 1.73. The summed E-state index contributed by atoms with van der Waals surface area (Å²) >= 11 is 0. The van der Waals surface area contributed by atoms with Gasteiger partial charge in [-0.2, -0.15) is 0 Å². The number of imide groups is 2. The van der Waals surface area contributed by atoms with E-state index in [4.69, 9.17) is 0 Å². The van der Waals surface area contributed by atoms with Crippen molar-refractivity contribution in [3.63, 3.8) is 0 Å². The molecule has 0 bridgehead atoms. The highest BCUT2D eigenvalue weighted by molar-refractivity contribution is 5.90. The Morgan fingerprint density at radius 1 is 1.56 bits per heavy atom. The van der Waals surface area contributed by atoms with Gasteiger partial charge in [0.2, 0.25) is 12.8 Å². The Kier molecular flexibility index (Phi) is 3.04. The lowest BCUT2D eigenvalue weighted by Gasteiger charge is -2.04. The van der Waals surface area contributed by atoms with E-state index in [1.807, 2.05) is 0 Å². The number of hydrogen-bond acceptors (Lipinski definition) is 3. The van der Waals surface area contributed by atoms with Crippen molar-refractivity contribution in [1.82, 2.24) is 10.2 Å². The summed E-state index contributed by atoms with van der Waals surface area (Å²) in [6, 6.07) is -0.736. The second-order valence-corrected chi connectivity index (χ2v) is 1.28. The van der Waals surface area contributed by atoms with E-state index in [9.17, 15) is 14.4 Å². The summed E-state index contributed by atoms with van der Waals surface area (Å²) in [5.41, 5.74) is 0. The highest BCUT2D eigenvalue weighted by Gasteiger charge is 2.02. The van der Waals surface area contributed by atoms with Gasteiger partial charge in [0.15, 0.2) is 0 Å². The maximum Gasteiger partial charge on any atom is 0.330 e. The molecule has 0 aliphatic carbocycles. The van der Waals surface area contributed by atoms with Crippen LogP contribution in [0.2, 0.25) is 0 Å². The Morgan fingerprint density at radius 2 is 2.11 bits per heavy atom. The van der Waals surface area contributed by atoms with Crippen LogP contribution in [-0.2, 0) is 9.59 Å². The molecule has 0 atom stereocenters. The molecule has 0 rings (SSSR count). The van der Waals surface area contributed by atoms with Gasteiger partial charge >= 0.3 is 6.03 Å². The molecule has 0 aliphatic rings. The Bertz CT molecular complexity index is 134. The summed E-state index contributed by atoms with van der Waals surface area (Å²) < 4.78 is 0. The summed E-state index contributed by atoms with van der Waals surface area (Å²) in [7, 11) is 1.24. The normalized spacial score (nSPS) is 7.67. The molecule has 0 spiro atoms. The van der Waals surface area contributed by atoms with Crippen molar-refractivity contribution in [3.05, 3.63) is 0 Å². The molecule has 0 heterocycles. The number of carbonyl (C=O) groups is 3. The van der Waals surface area contributed by atoms with Crippen molar-refractivity contribution in [2.75, 3.05) is 7.05 Å². The van der Waals surface area contributed by atoms with Crippen LogP contribution in [0.3, 0.4) is 0 Å². The SMILES string of the molecule is CN(C=O)C(=O)NC=O. The fourth-order valence-electron chi connectivity index (χ4n) is 0.200. The lowest BCUT2D eigenvalue weighted by molar-refractivity contribution is -0.114. The van der Waals surface area contributed by atoms with Gasteiger partial charge in [0.05, 0.1) is 0 Å². The van der Waals surface area contributed by atoms with Gasteiger partial charge in [-0.1, -0.05) is 0 Å². The minimum Gasteiger partial charge on any atom is -0.280 e. The van der Waals surface area contributed by atoms with Crippen LogP contribution in [0.1, 0.15) is 0 Å². The third-order valence-electron chi connectivity index (χ3n) is 0.661. The van der Waals surface area contributed by atoms with Crippen LogP contribution in [0.5, 0.6) is 0 Å². The van der Waals surface area contributed by atoms with Crippen molar-refractivity contribution in [1.29, 1.82) is 0 Å². The minimum atomic E-state index is -0.736. The van der Waals surface area contributed by atoms with E-state index in [2.05, 4.69) is 0 Å². The maximum atomic E-state index is 10.3. The van der Waals surface area contributed by atoms with E-state index in [0.717, 1.165) is 0 Å². The molecule has 0 saturated carbocycles. The van der Waals surface area contributed by atoms with Crippen LogP contribution in [0, 0.1) is 0 Å². The summed E-state index contributed by atoms with van der Waals surface area (Å²) in [5, 5.41) is 1.77. The van der Waals surface area contributed by atoms with E-state index in [1.54, 1.807) is 5.32 Å². The van der Waals surface area contributed by atoms with Crippen LogP contribution in [0.4, 0.5) is 4.79 Å². The second kappa shape index (κ2) is 3.59. The number of nitrogens with one attached hydrogen (secondary N) is 1. The smallest absolute Gasteiger partial charge is 0.280 e. The third-order valence-corrected chi connectivity index (χ3v) is 0.661. The van der Waals surface area contributed by atoms with E-state index < -0.39 is 6.03 Å². The molecule has 0 fully saturated rings. The average Bonchev–Trinajstić information content (AvgIpc) is 1.87. The number of carbonyl (C=O) groups excluding carboxylic acids is 3. The monoisotopic (exact) mass is 130 g/mol. The topological polar surface area (TPSA) is 66.5 Å². The van der Waals surface area contributed by atoms with Gasteiger partial charge in [0.25, 0.3) is 0 Å². The highest BCUT2D eigenvalue weighted by atomic mass is 16.2. The van der Waals surface area contributed by atoms with Gasteiger partial charge < -0.3 is 0 Å². The maximum absolute atomic E-state index is 10.3. The quantitative estimate of drug-likeness (QED) is 0.484. The Morgan fingerprint density at radius 3 is 2.44 bits per heavy atom. The number of amides is 4. The van der Waals surface area contributed by atoms with E-state index >= 15 is 0 Å². The largest absolute Gasteiger partial charge is 0.330 e. The van der Waals surface area contributed by atoms with Gasteiger partial charge in [0, 0.05) is 7.05 Å². The zero-order valence-corrected chi connectivity index (χ0v) is 4.83. The number of urea groups is 1. The molecular weight excluding hydrogens is 124 g/mol. The Hall–Kier alpha value is -1.39. The Labute approximate surface area is 51.6 Å². The van der Waals surface area contributed by atoms with Crippen LogP contribution in [-0.4, -0.2) is 30.8 Å². The molecule has 0 aliphatic heterocycles. The van der Waals surface area contributed by atoms with Crippen molar-refractivity contribution >= 4 is 18.9 Å². The summed E-state index contributed by atoms with van der Waals surface area (Å²) in [6.07, 6.45) is 0.515. The predicted octanol–water partition coefficient (Wildman–Crippen LogP) is -1.06. The average molecular weight is 130 g/mol. The summed E-state index contributed by atoms with van der Waals surface area (Å²) in [5.74, 6) is 0. The second-order valence-electron chi connectivity index (χ2n) is 1.28. The molecule has 0 radical (unpaired) electrons. The molecule has 0 aromatic rings. The number of rotatable bonds is 2. The molecule has 50 valence electrons. The van der Waals surface area contributed by atoms with E-state index in [0.29, 0.717) is 11.3 Å². The van der Waals surface area contributed by atoms with Crippen molar-refractivity contribution in [2.24, 2.45) is 0 Å².